The largest absolute Gasteiger partial charge is 0.497 e. The van der Waals surface area contributed by atoms with Gasteiger partial charge in [-0.15, -0.1) is 11.3 Å². The van der Waals surface area contributed by atoms with Crippen molar-refractivity contribution in [3.8, 4) is 17.0 Å². The number of methoxy groups -OCH3 is 1. The summed E-state index contributed by atoms with van der Waals surface area (Å²) in [5, 5.41) is 2.16. The number of hydrogen-bond acceptors (Lipinski definition) is 4. The highest BCUT2D eigenvalue weighted by Crippen LogP contribution is 2.27. The molecule has 0 bridgehead atoms. The van der Waals surface area contributed by atoms with Crippen LogP contribution in [0, 0.1) is 0 Å². The molecule has 0 unspecified atom stereocenters. The van der Waals surface area contributed by atoms with Crippen molar-refractivity contribution < 1.29 is 9.15 Å². The van der Waals surface area contributed by atoms with E-state index < -0.39 is 0 Å². The lowest BCUT2D eigenvalue weighted by atomic mass is 10.1. The van der Waals surface area contributed by atoms with Crippen molar-refractivity contribution in [3.63, 3.8) is 0 Å². The third-order valence-corrected chi connectivity index (χ3v) is 4.58. The van der Waals surface area contributed by atoms with Crippen LogP contribution in [0.5, 0.6) is 5.75 Å². The molecule has 0 N–H and O–H groups in total. The van der Waals surface area contributed by atoms with Crippen LogP contribution in [0.3, 0.4) is 0 Å². The Bertz CT molecular complexity index is 850. The van der Waals surface area contributed by atoms with Gasteiger partial charge in [-0.05, 0) is 62.7 Å². The van der Waals surface area contributed by atoms with Gasteiger partial charge in [-0.25, -0.2) is 0 Å². The molecule has 4 nitrogen and oxygen atoms in total. The minimum Gasteiger partial charge on any atom is -0.497 e. The maximum absolute atomic E-state index is 5.39. The average Bonchev–Trinajstić information content (AvgIpc) is 3.22. The fraction of sp³-hybridized carbons (Fsp3) is 0.316. The van der Waals surface area contributed by atoms with Crippen molar-refractivity contribution in [1.82, 2.24) is 4.57 Å². The molecule has 24 heavy (non-hydrogen) atoms. The summed E-state index contributed by atoms with van der Waals surface area (Å²) in [6, 6.07) is 12.0. The van der Waals surface area contributed by atoms with Crippen LogP contribution in [0.25, 0.3) is 11.3 Å². The number of aromatic nitrogens is 1. The summed E-state index contributed by atoms with van der Waals surface area (Å²) in [5.74, 6) is 1.73. The summed E-state index contributed by atoms with van der Waals surface area (Å²) >= 11 is 1.65. The lowest BCUT2D eigenvalue weighted by molar-refractivity contribution is 0.389. The molecule has 0 radical (unpaired) electrons. The number of thiazole rings is 1. The molecule has 2 heterocycles. The van der Waals surface area contributed by atoms with Crippen LogP contribution in [-0.2, 0) is 12.1 Å². The summed E-state index contributed by atoms with van der Waals surface area (Å²) < 4.78 is 12.9. The molecule has 126 valence electrons. The van der Waals surface area contributed by atoms with Gasteiger partial charge in [0.2, 0.25) is 0 Å². The van der Waals surface area contributed by atoms with Gasteiger partial charge in [-0.2, -0.15) is 0 Å². The van der Waals surface area contributed by atoms with E-state index in [9.17, 15) is 0 Å². The SMILES string of the molecule is COc1ccc(-c2csc(=NCc3ccco3)n2C(C)(C)C)cc1. The third kappa shape index (κ3) is 3.46. The molecule has 5 heteroatoms. The molecule has 0 aliphatic heterocycles. The van der Waals surface area contributed by atoms with Gasteiger partial charge < -0.3 is 13.7 Å². The molecule has 1 aromatic carbocycles. The van der Waals surface area contributed by atoms with Crippen molar-refractivity contribution in [1.29, 1.82) is 0 Å². The summed E-state index contributed by atoms with van der Waals surface area (Å²) in [6.07, 6.45) is 1.68. The van der Waals surface area contributed by atoms with E-state index in [1.807, 2.05) is 24.3 Å². The molecule has 0 aliphatic carbocycles. The Kier molecular flexibility index (Phi) is 4.62. The molecular weight excluding hydrogens is 320 g/mol. The number of nitrogens with zero attached hydrogens (tertiary/aromatic N) is 2. The van der Waals surface area contributed by atoms with Crippen LogP contribution in [0.1, 0.15) is 26.5 Å². The molecule has 0 saturated carbocycles. The van der Waals surface area contributed by atoms with Crippen molar-refractivity contribution in [2.45, 2.75) is 32.9 Å². The van der Waals surface area contributed by atoms with Crippen LogP contribution >= 0.6 is 11.3 Å². The summed E-state index contributed by atoms with van der Waals surface area (Å²) in [7, 11) is 1.68. The zero-order valence-electron chi connectivity index (χ0n) is 14.4. The number of hydrogen-bond donors (Lipinski definition) is 0. The summed E-state index contributed by atoms with van der Waals surface area (Å²) in [4.78, 5) is 5.75. The Balaban J connectivity index is 2.05. The van der Waals surface area contributed by atoms with Gasteiger partial charge in [0.25, 0.3) is 0 Å². The number of furan rings is 1. The Morgan fingerprint density at radius 3 is 2.50 bits per heavy atom. The molecule has 0 amide bonds. The zero-order chi connectivity index (χ0) is 17.2. The third-order valence-electron chi connectivity index (χ3n) is 3.72. The smallest absolute Gasteiger partial charge is 0.186 e. The standard InChI is InChI=1S/C19H22N2O2S/c1-19(2,3)21-17(14-7-9-15(22-4)10-8-14)13-24-18(21)20-12-16-6-5-11-23-16/h5-11,13H,12H2,1-4H3. The van der Waals surface area contributed by atoms with Crippen LogP contribution in [0.4, 0.5) is 0 Å². The zero-order valence-corrected chi connectivity index (χ0v) is 15.3. The molecule has 3 rings (SSSR count). The number of benzene rings is 1. The maximum atomic E-state index is 5.39. The molecule has 0 aliphatic rings. The summed E-state index contributed by atoms with van der Waals surface area (Å²) in [5.41, 5.74) is 2.24. The first-order chi connectivity index (χ1) is 11.5. The highest BCUT2D eigenvalue weighted by atomic mass is 32.1. The first kappa shape index (κ1) is 16.6. The van der Waals surface area contributed by atoms with Gasteiger partial charge >= 0.3 is 0 Å². The lowest BCUT2D eigenvalue weighted by Gasteiger charge is -2.24. The Morgan fingerprint density at radius 2 is 1.92 bits per heavy atom. The minimum atomic E-state index is -0.0722. The molecule has 0 atom stereocenters. The molecule has 2 aromatic heterocycles. The maximum Gasteiger partial charge on any atom is 0.186 e. The van der Waals surface area contributed by atoms with Gasteiger partial charge in [0, 0.05) is 10.9 Å². The predicted octanol–water partition coefficient (Wildman–Crippen LogP) is 4.67. The Morgan fingerprint density at radius 1 is 1.17 bits per heavy atom. The lowest BCUT2D eigenvalue weighted by Crippen LogP contribution is -2.31. The molecule has 0 fully saturated rings. The van der Waals surface area contributed by atoms with E-state index in [4.69, 9.17) is 14.1 Å². The fourth-order valence-corrected chi connectivity index (χ4v) is 3.66. The second-order valence-electron chi connectivity index (χ2n) is 6.53. The second-order valence-corrected chi connectivity index (χ2v) is 7.37. The molecule has 0 spiro atoms. The van der Waals surface area contributed by atoms with Crippen LogP contribution in [-0.4, -0.2) is 11.7 Å². The van der Waals surface area contributed by atoms with Crippen molar-refractivity contribution in [3.05, 3.63) is 58.6 Å². The van der Waals surface area contributed by atoms with Crippen molar-refractivity contribution in [2.75, 3.05) is 7.11 Å². The van der Waals surface area contributed by atoms with E-state index in [0.29, 0.717) is 6.54 Å². The van der Waals surface area contributed by atoms with E-state index in [1.54, 1.807) is 24.7 Å². The summed E-state index contributed by atoms with van der Waals surface area (Å²) in [6.45, 7) is 7.13. The number of ether oxygens (including phenoxy) is 1. The van der Waals surface area contributed by atoms with Gasteiger partial charge in [0.1, 0.15) is 18.1 Å². The van der Waals surface area contributed by atoms with E-state index >= 15 is 0 Å². The van der Waals surface area contributed by atoms with Gasteiger partial charge in [-0.3, -0.25) is 4.99 Å². The van der Waals surface area contributed by atoms with Crippen molar-refractivity contribution >= 4 is 11.3 Å². The second kappa shape index (κ2) is 6.69. The Labute approximate surface area is 146 Å². The quantitative estimate of drug-likeness (QED) is 0.691. The van der Waals surface area contributed by atoms with E-state index in [0.717, 1.165) is 27.6 Å². The van der Waals surface area contributed by atoms with Crippen LogP contribution in [0.15, 0.2) is 57.5 Å². The highest BCUT2D eigenvalue weighted by Gasteiger charge is 2.20. The predicted molar refractivity (Wildman–Crippen MR) is 97.3 cm³/mol. The average molecular weight is 342 g/mol. The van der Waals surface area contributed by atoms with Gasteiger partial charge in [-0.1, -0.05) is 0 Å². The van der Waals surface area contributed by atoms with E-state index in [-0.39, 0.29) is 5.54 Å². The van der Waals surface area contributed by atoms with Crippen LogP contribution in [0.2, 0.25) is 0 Å². The Hall–Kier alpha value is -2.27. The molecular formula is C19H22N2O2S. The van der Waals surface area contributed by atoms with Crippen LogP contribution < -0.4 is 9.54 Å². The topological polar surface area (TPSA) is 39.7 Å². The van der Waals surface area contributed by atoms with E-state index in [2.05, 4.69) is 42.9 Å². The number of rotatable bonds is 4. The highest BCUT2D eigenvalue weighted by molar-refractivity contribution is 7.07. The minimum absolute atomic E-state index is 0.0722. The first-order valence-corrected chi connectivity index (χ1v) is 8.75. The first-order valence-electron chi connectivity index (χ1n) is 7.87. The fourth-order valence-electron chi connectivity index (χ4n) is 2.58. The normalized spacial score (nSPS) is 12.6. The molecule has 0 saturated heterocycles. The van der Waals surface area contributed by atoms with E-state index in [1.165, 1.54) is 0 Å². The van der Waals surface area contributed by atoms with Gasteiger partial charge in [0.15, 0.2) is 4.80 Å². The monoisotopic (exact) mass is 342 g/mol. The molecule has 3 aromatic rings. The van der Waals surface area contributed by atoms with Crippen molar-refractivity contribution in [2.24, 2.45) is 4.99 Å². The van der Waals surface area contributed by atoms with Gasteiger partial charge in [0.05, 0.1) is 19.1 Å².